The van der Waals surface area contributed by atoms with Gasteiger partial charge in [-0.2, -0.15) is 0 Å². The molecule has 0 spiro atoms. The van der Waals surface area contributed by atoms with Gasteiger partial charge in [0, 0.05) is 11.7 Å². The van der Waals surface area contributed by atoms with Gasteiger partial charge >= 0.3 is 13.1 Å². The molecule has 0 N–H and O–H groups in total. The second-order valence-corrected chi connectivity index (χ2v) is 5.80. The number of methoxy groups -OCH3 is 1. The first-order chi connectivity index (χ1) is 9.18. The molecular weight excluding hydrogens is 259 g/mol. The number of esters is 1. The zero-order valence-corrected chi connectivity index (χ0v) is 12.7. The number of hydrogen-bond donors (Lipinski definition) is 0. The number of aromatic nitrogens is 2. The quantitative estimate of drug-likeness (QED) is 0.590. The number of hydrogen-bond acceptors (Lipinski definition) is 6. The first-order valence-corrected chi connectivity index (χ1v) is 6.45. The fourth-order valence-electron chi connectivity index (χ4n) is 1.88. The molecule has 1 aliphatic heterocycles. The molecule has 0 atom stereocenters. The van der Waals surface area contributed by atoms with E-state index in [0.717, 1.165) is 0 Å². The van der Waals surface area contributed by atoms with Crippen LogP contribution in [0.2, 0.25) is 0 Å². The van der Waals surface area contributed by atoms with E-state index in [1.165, 1.54) is 7.11 Å². The molecule has 20 heavy (non-hydrogen) atoms. The molecule has 0 aliphatic carbocycles. The summed E-state index contributed by atoms with van der Waals surface area (Å²) in [7, 11) is 0.628. The maximum absolute atomic E-state index is 11.8. The van der Waals surface area contributed by atoms with Gasteiger partial charge in [0.05, 0.1) is 18.3 Å². The van der Waals surface area contributed by atoms with Gasteiger partial charge in [0.25, 0.3) is 0 Å². The first-order valence-electron chi connectivity index (χ1n) is 6.45. The normalized spacial score (nSPS) is 20.0. The van der Waals surface area contributed by atoms with Crippen molar-refractivity contribution < 1.29 is 18.8 Å². The van der Waals surface area contributed by atoms with Gasteiger partial charge in [0.1, 0.15) is 5.82 Å². The van der Waals surface area contributed by atoms with Crippen LogP contribution < -0.4 is 5.46 Å². The van der Waals surface area contributed by atoms with Crippen LogP contribution >= 0.6 is 0 Å². The van der Waals surface area contributed by atoms with Gasteiger partial charge in [-0.1, -0.05) is 0 Å². The Balaban J connectivity index is 2.42. The minimum absolute atomic E-state index is 0.179. The molecule has 1 fully saturated rings. The van der Waals surface area contributed by atoms with E-state index in [1.807, 2.05) is 27.7 Å². The van der Waals surface area contributed by atoms with E-state index in [2.05, 4.69) is 9.97 Å². The van der Waals surface area contributed by atoms with E-state index in [-0.39, 0.29) is 5.69 Å². The molecule has 1 aliphatic rings. The second kappa shape index (κ2) is 4.82. The lowest BCUT2D eigenvalue weighted by atomic mass is 9.78. The van der Waals surface area contributed by atoms with Crippen LogP contribution in [0, 0.1) is 6.92 Å². The highest BCUT2D eigenvalue weighted by atomic mass is 16.7. The van der Waals surface area contributed by atoms with Crippen molar-refractivity contribution in [2.75, 3.05) is 7.11 Å². The molecular formula is C13H19BN2O4. The Kier molecular flexibility index (Phi) is 3.60. The zero-order chi connectivity index (χ0) is 15.1. The zero-order valence-electron chi connectivity index (χ0n) is 12.7. The minimum atomic E-state index is -0.685. The van der Waals surface area contributed by atoms with Crippen LogP contribution in [0.25, 0.3) is 0 Å². The SMILES string of the molecule is COC(=O)c1nc(C)ncc1B1OC(C)(C)C(C)(C)O1. The molecule has 1 saturated heterocycles. The summed E-state index contributed by atoms with van der Waals surface area (Å²) in [6.07, 6.45) is 1.55. The van der Waals surface area contributed by atoms with Crippen molar-refractivity contribution in [3.8, 4) is 0 Å². The standard InChI is InChI=1S/C13H19BN2O4/c1-8-15-7-9(10(16-8)11(17)18-6)14-19-12(2,3)13(4,5)20-14/h7H,1-6H3. The Hall–Kier alpha value is -1.47. The number of carbonyl (C=O) groups excluding carboxylic acids is 1. The average molecular weight is 278 g/mol. The van der Waals surface area contributed by atoms with E-state index in [0.29, 0.717) is 11.3 Å². The lowest BCUT2D eigenvalue weighted by Gasteiger charge is -2.32. The summed E-state index contributed by atoms with van der Waals surface area (Å²) in [5.74, 6) is -0.0362. The fourth-order valence-corrected chi connectivity index (χ4v) is 1.88. The highest BCUT2D eigenvalue weighted by Gasteiger charge is 2.53. The smallest absolute Gasteiger partial charge is 0.464 e. The van der Waals surface area contributed by atoms with Crippen molar-refractivity contribution in [1.82, 2.24) is 9.97 Å². The van der Waals surface area contributed by atoms with Crippen LogP contribution in [-0.4, -0.2) is 41.4 Å². The predicted octanol–water partition coefficient (Wildman–Crippen LogP) is 0.871. The third-order valence-electron chi connectivity index (χ3n) is 3.82. The maximum atomic E-state index is 11.8. The van der Waals surface area contributed by atoms with Crippen molar-refractivity contribution in [2.45, 2.75) is 45.8 Å². The van der Waals surface area contributed by atoms with Crippen molar-refractivity contribution in [3.63, 3.8) is 0 Å². The molecule has 0 unspecified atom stereocenters. The van der Waals surface area contributed by atoms with Gasteiger partial charge in [-0.05, 0) is 34.6 Å². The molecule has 1 aromatic rings. The topological polar surface area (TPSA) is 70.5 Å². The summed E-state index contributed by atoms with van der Waals surface area (Å²) >= 11 is 0. The van der Waals surface area contributed by atoms with Gasteiger partial charge in [-0.15, -0.1) is 0 Å². The van der Waals surface area contributed by atoms with Gasteiger partial charge in [-0.25, -0.2) is 14.8 Å². The summed E-state index contributed by atoms with van der Waals surface area (Å²) in [5.41, 5.74) is -0.314. The van der Waals surface area contributed by atoms with E-state index < -0.39 is 24.3 Å². The van der Waals surface area contributed by atoms with Crippen LogP contribution in [0.3, 0.4) is 0 Å². The summed E-state index contributed by atoms with van der Waals surface area (Å²) in [5, 5.41) is 0. The Bertz CT molecular complexity index is 529. The highest BCUT2D eigenvalue weighted by Crippen LogP contribution is 2.36. The Morgan fingerprint density at radius 1 is 1.25 bits per heavy atom. The third-order valence-corrected chi connectivity index (χ3v) is 3.82. The van der Waals surface area contributed by atoms with E-state index in [4.69, 9.17) is 14.0 Å². The summed E-state index contributed by atoms with van der Waals surface area (Å²) in [6, 6.07) is 0. The van der Waals surface area contributed by atoms with Gasteiger partial charge in [0.2, 0.25) is 0 Å². The average Bonchev–Trinajstić information content (AvgIpc) is 2.57. The Morgan fingerprint density at radius 2 is 1.80 bits per heavy atom. The largest absolute Gasteiger partial charge is 0.498 e. The highest BCUT2D eigenvalue weighted by molar-refractivity contribution is 6.63. The molecule has 0 amide bonds. The van der Waals surface area contributed by atoms with E-state index in [9.17, 15) is 4.79 Å². The lowest BCUT2D eigenvalue weighted by molar-refractivity contribution is 0.00578. The van der Waals surface area contributed by atoms with Gasteiger partial charge in [0.15, 0.2) is 5.69 Å². The predicted molar refractivity (Wildman–Crippen MR) is 73.8 cm³/mol. The molecule has 0 saturated carbocycles. The van der Waals surface area contributed by atoms with E-state index >= 15 is 0 Å². The number of nitrogens with zero attached hydrogens (tertiary/aromatic N) is 2. The fraction of sp³-hybridized carbons (Fsp3) is 0.615. The monoisotopic (exact) mass is 278 g/mol. The molecule has 2 heterocycles. The number of ether oxygens (including phenoxy) is 1. The van der Waals surface area contributed by atoms with Crippen molar-refractivity contribution in [1.29, 1.82) is 0 Å². The molecule has 1 aromatic heterocycles. The van der Waals surface area contributed by atoms with Crippen LogP contribution in [0.5, 0.6) is 0 Å². The maximum Gasteiger partial charge on any atom is 0.498 e. The molecule has 0 aromatic carbocycles. The Labute approximate surface area is 119 Å². The summed E-state index contributed by atoms with van der Waals surface area (Å²) in [4.78, 5) is 20.1. The second-order valence-electron chi connectivity index (χ2n) is 5.80. The molecule has 0 radical (unpaired) electrons. The van der Waals surface area contributed by atoms with E-state index in [1.54, 1.807) is 13.1 Å². The van der Waals surface area contributed by atoms with Gasteiger partial charge < -0.3 is 14.0 Å². The lowest BCUT2D eigenvalue weighted by Crippen LogP contribution is -2.41. The van der Waals surface area contributed by atoms with Crippen LogP contribution in [0.1, 0.15) is 44.0 Å². The first kappa shape index (κ1) is 14.9. The van der Waals surface area contributed by atoms with Crippen molar-refractivity contribution in [3.05, 3.63) is 17.7 Å². The molecule has 2 rings (SSSR count). The van der Waals surface area contributed by atoms with Crippen molar-refractivity contribution in [2.24, 2.45) is 0 Å². The number of rotatable bonds is 2. The third kappa shape index (κ3) is 2.43. The Morgan fingerprint density at radius 3 is 2.30 bits per heavy atom. The van der Waals surface area contributed by atoms with Gasteiger partial charge in [-0.3, -0.25) is 0 Å². The molecule has 0 bridgehead atoms. The molecule has 6 nitrogen and oxygen atoms in total. The molecule has 7 heteroatoms. The summed E-state index contributed by atoms with van der Waals surface area (Å²) in [6.45, 7) is 9.49. The van der Waals surface area contributed by atoms with Crippen LogP contribution in [-0.2, 0) is 14.0 Å². The minimum Gasteiger partial charge on any atom is -0.464 e. The summed E-state index contributed by atoms with van der Waals surface area (Å²) < 4.78 is 16.6. The number of aryl methyl sites for hydroxylation is 1. The molecule has 108 valence electrons. The number of carbonyl (C=O) groups is 1. The van der Waals surface area contributed by atoms with Crippen LogP contribution in [0.15, 0.2) is 6.20 Å². The van der Waals surface area contributed by atoms with Crippen molar-refractivity contribution >= 4 is 18.6 Å². The van der Waals surface area contributed by atoms with Crippen LogP contribution in [0.4, 0.5) is 0 Å².